The Bertz CT molecular complexity index is 464. The highest BCUT2D eigenvalue weighted by molar-refractivity contribution is 6.30. The number of likely N-dealkylation sites (tertiary alicyclic amines) is 1. The third kappa shape index (κ3) is 4.08. The molecule has 0 aromatic carbocycles. The second-order valence-corrected chi connectivity index (χ2v) is 6.06. The highest BCUT2D eigenvalue weighted by Crippen LogP contribution is 2.34. The molecule has 2 heterocycles. The maximum Gasteiger partial charge on any atom is 0.317 e. The molecule has 0 unspecified atom stereocenters. The maximum atomic E-state index is 12.1. The molecule has 1 saturated heterocycles. The molecule has 1 aliphatic rings. The summed E-state index contributed by atoms with van der Waals surface area (Å²) in [5.74, 6) is 0. The predicted octanol–water partition coefficient (Wildman–Crippen LogP) is 2.43. The van der Waals surface area contributed by atoms with Crippen LogP contribution < -0.4 is 5.32 Å². The third-order valence-electron chi connectivity index (χ3n) is 4.41. The Morgan fingerprint density at radius 2 is 2.19 bits per heavy atom. The van der Waals surface area contributed by atoms with E-state index in [1.807, 2.05) is 0 Å². The van der Waals surface area contributed by atoms with E-state index in [4.69, 9.17) is 11.6 Å². The number of amides is 2. The highest BCUT2D eigenvalue weighted by Gasteiger charge is 2.33. The fraction of sp³-hybridized carbons (Fsp3) is 0.600. The summed E-state index contributed by atoms with van der Waals surface area (Å²) in [4.78, 5) is 18.1. The van der Waals surface area contributed by atoms with Gasteiger partial charge in [-0.2, -0.15) is 0 Å². The highest BCUT2D eigenvalue weighted by atomic mass is 35.5. The van der Waals surface area contributed by atoms with Gasteiger partial charge in [-0.3, -0.25) is 4.98 Å². The number of nitrogens with one attached hydrogen (secondary N) is 1. The first-order chi connectivity index (χ1) is 10.1. The van der Waals surface area contributed by atoms with Gasteiger partial charge in [0, 0.05) is 25.9 Å². The van der Waals surface area contributed by atoms with Crippen LogP contribution in [-0.4, -0.2) is 40.7 Å². The summed E-state index contributed by atoms with van der Waals surface area (Å²) in [6.45, 7) is 4.07. The minimum atomic E-state index is -0.0746. The fourth-order valence-electron chi connectivity index (χ4n) is 2.60. The summed E-state index contributed by atoms with van der Waals surface area (Å²) in [5, 5.41) is 13.0. The van der Waals surface area contributed by atoms with E-state index in [2.05, 4.69) is 17.2 Å². The summed E-state index contributed by atoms with van der Waals surface area (Å²) in [7, 11) is 0. The van der Waals surface area contributed by atoms with Gasteiger partial charge < -0.3 is 15.3 Å². The number of urea groups is 1. The number of aliphatic hydroxyl groups is 1. The molecular formula is C15H22ClN3O2. The van der Waals surface area contributed by atoms with Gasteiger partial charge in [-0.05, 0) is 36.8 Å². The molecule has 0 radical (unpaired) electrons. The van der Waals surface area contributed by atoms with Gasteiger partial charge in [0.25, 0.3) is 0 Å². The number of halogens is 1. The molecule has 1 aromatic heterocycles. The summed E-state index contributed by atoms with van der Waals surface area (Å²) in [6.07, 6.45) is 4.23. The van der Waals surface area contributed by atoms with Crippen LogP contribution in [0.5, 0.6) is 0 Å². The van der Waals surface area contributed by atoms with E-state index >= 15 is 0 Å². The average molecular weight is 312 g/mol. The summed E-state index contributed by atoms with van der Waals surface area (Å²) in [6, 6.07) is 3.48. The molecule has 1 aromatic rings. The van der Waals surface area contributed by atoms with Crippen LogP contribution in [0.1, 0.15) is 31.9 Å². The zero-order valence-corrected chi connectivity index (χ0v) is 13.1. The third-order valence-corrected chi connectivity index (χ3v) is 4.63. The Morgan fingerprint density at radius 3 is 2.71 bits per heavy atom. The van der Waals surface area contributed by atoms with Crippen molar-refractivity contribution in [2.45, 2.75) is 32.7 Å². The van der Waals surface area contributed by atoms with Gasteiger partial charge >= 0.3 is 6.03 Å². The molecule has 0 spiro atoms. The van der Waals surface area contributed by atoms with E-state index in [0.717, 1.165) is 25.0 Å². The first-order valence-corrected chi connectivity index (χ1v) is 7.70. The molecule has 21 heavy (non-hydrogen) atoms. The molecule has 6 heteroatoms. The van der Waals surface area contributed by atoms with E-state index in [1.165, 1.54) is 0 Å². The van der Waals surface area contributed by atoms with Crippen LogP contribution in [0.2, 0.25) is 5.02 Å². The number of rotatable bonds is 4. The summed E-state index contributed by atoms with van der Waals surface area (Å²) >= 11 is 5.77. The fourth-order valence-corrected chi connectivity index (χ4v) is 2.71. The molecule has 0 bridgehead atoms. The largest absolute Gasteiger partial charge is 0.396 e. The monoisotopic (exact) mass is 311 g/mol. The van der Waals surface area contributed by atoms with Crippen molar-refractivity contribution in [1.29, 1.82) is 0 Å². The molecule has 0 saturated carbocycles. The lowest BCUT2D eigenvalue weighted by molar-refractivity contribution is 0.0519. The minimum absolute atomic E-state index is 0.00544. The minimum Gasteiger partial charge on any atom is -0.396 e. The summed E-state index contributed by atoms with van der Waals surface area (Å²) in [5.41, 5.74) is 0.775. The number of hydrogen-bond acceptors (Lipinski definition) is 3. The zero-order valence-electron chi connectivity index (χ0n) is 12.3. The van der Waals surface area contributed by atoms with E-state index in [-0.39, 0.29) is 18.1 Å². The number of pyridine rings is 1. The van der Waals surface area contributed by atoms with Crippen LogP contribution >= 0.6 is 11.6 Å². The molecule has 2 rings (SSSR count). The van der Waals surface area contributed by atoms with Gasteiger partial charge in [-0.25, -0.2) is 4.79 Å². The van der Waals surface area contributed by atoms with Crippen LogP contribution in [0.3, 0.4) is 0 Å². The number of hydrogen-bond donors (Lipinski definition) is 2. The lowest BCUT2D eigenvalue weighted by atomic mass is 9.77. The van der Waals surface area contributed by atoms with Gasteiger partial charge in [-0.1, -0.05) is 18.5 Å². The van der Waals surface area contributed by atoms with E-state index < -0.39 is 0 Å². The molecule has 1 aliphatic heterocycles. The van der Waals surface area contributed by atoms with Crippen molar-refractivity contribution in [3.63, 3.8) is 0 Å². The van der Waals surface area contributed by atoms with Crippen LogP contribution in [0.25, 0.3) is 0 Å². The number of nitrogens with zero attached hydrogens (tertiary/aromatic N) is 2. The van der Waals surface area contributed by atoms with Crippen molar-refractivity contribution in [2.24, 2.45) is 5.41 Å². The smallest absolute Gasteiger partial charge is 0.317 e. The molecule has 2 N–H and O–H groups in total. The number of piperidine rings is 1. The first kappa shape index (κ1) is 16.0. The van der Waals surface area contributed by atoms with Crippen molar-refractivity contribution in [1.82, 2.24) is 15.2 Å². The van der Waals surface area contributed by atoms with Crippen molar-refractivity contribution >= 4 is 17.6 Å². The van der Waals surface area contributed by atoms with Crippen molar-refractivity contribution in [3.8, 4) is 0 Å². The molecule has 5 nitrogen and oxygen atoms in total. The molecule has 1 fully saturated rings. The van der Waals surface area contributed by atoms with E-state index in [9.17, 15) is 9.90 Å². The Hall–Kier alpha value is -1.33. The first-order valence-electron chi connectivity index (χ1n) is 7.32. The van der Waals surface area contributed by atoms with E-state index in [0.29, 0.717) is 24.7 Å². The zero-order chi connectivity index (χ0) is 15.3. The molecule has 116 valence electrons. The van der Waals surface area contributed by atoms with Gasteiger partial charge in [0.15, 0.2) is 0 Å². The van der Waals surface area contributed by atoms with Gasteiger partial charge in [-0.15, -0.1) is 0 Å². The van der Waals surface area contributed by atoms with Crippen LogP contribution in [0, 0.1) is 5.41 Å². The van der Waals surface area contributed by atoms with Gasteiger partial charge in [0.2, 0.25) is 0 Å². The Labute approximate surface area is 130 Å². The molecular weight excluding hydrogens is 290 g/mol. The number of aliphatic hydroxyl groups excluding tert-OH is 1. The molecule has 0 atom stereocenters. The number of aromatic nitrogens is 1. The Morgan fingerprint density at radius 1 is 1.48 bits per heavy atom. The van der Waals surface area contributed by atoms with Crippen LogP contribution in [0.15, 0.2) is 18.3 Å². The number of carbonyl (C=O) groups is 1. The lowest BCUT2D eigenvalue weighted by Gasteiger charge is -2.40. The van der Waals surface area contributed by atoms with Crippen molar-refractivity contribution in [3.05, 3.63) is 29.0 Å². The van der Waals surface area contributed by atoms with Crippen molar-refractivity contribution < 1.29 is 9.90 Å². The van der Waals surface area contributed by atoms with Crippen LogP contribution in [0.4, 0.5) is 4.79 Å². The van der Waals surface area contributed by atoms with E-state index in [1.54, 1.807) is 23.2 Å². The number of carbonyl (C=O) groups excluding carboxylic acids is 1. The maximum absolute atomic E-state index is 12.1. The molecule has 2 amide bonds. The molecule has 0 aliphatic carbocycles. The predicted molar refractivity (Wildman–Crippen MR) is 82.1 cm³/mol. The topological polar surface area (TPSA) is 65.5 Å². The summed E-state index contributed by atoms with van der Waals surface area (Å²) < 4.78 is 0. The average Bonchev–Trinajstić information content (AvgIpc) is 2.54. The SMILES string of the molecule is CCC1(CO)CCN(C(=O)NCc2ccc(Cl)cn2)CC1. The lowest BCUT2D eigenvalue weighted by Crippen LogP contribution is -2.48. The van der Waals surface area contributed by atoms with Gasteiger partial charge in [0.1, 0.15) is 0 Å². The standard InChI is InChI=1S/C15H22ClN3O2/c1-2-15(11-20)5-7-19(8-6-15)14(21)18-10-13-4-3-12(16)9-17-13/h3-4,9,20H,2,5-8,10-11H2,1H3,(H,18,21). The normalized spacial score (nSPS) is 17.6. The quantitative estimate of drug-likeness (QED) is 0.897. The van der Waals surface area contributed by atoms with Crippen molar-refractivity contribution in [2.75, 3.05) is 19.7 Å². The Balaban J connectivity index is 1.81. The second-order valence-electron chi connectivity index (χ2n) is 5.63. The van der Waals surface area contributed by atoms with Gasteiger partial charge in [0.05, 0.1) is 17.3 Å². The van der Waals surface area contributed by atoms with Crippen LogP contribution in [-0.2, 0) is 6.54 Å². The Kier molecular flexibility index (Phi) is 5.42. The second kappa shape index (κ2) is 7.09.